The Kier molecular flexibility index (Phi) is 6.56. The SMILES string of the molecule is C1=CC2C(c3ccccc3N2c2ccccc2-c2cccc(-c3nc(-c4ccccc4)nc(-c4ccccc4)n3)c2)c2oc3ccccc3c21. The minimum Gasteiger partial charge on any atom is -0.460 e. The Bertz CT molecular complexity index is 2520. The van der Waals surface area contributed by atoms with Crippen LogP contribution in [0.25, 0.3) is 62.3 Å². The second-order valence-electron chi connectivity index (χ2n) is 12.8. The van der Waals surface area contributed by atoms with Gasteiger partial charge in [-0.1, -0.05) is 146 Å². The van der Waals surface area contributed by atoms with Crippen molar-refractivity contribution in [2.45, 2.75) is 12.0 Å². The third kappa shape index (κ3) is 4.59. The van der Waals surface area contributed by atoms with Crippen molar-refractivity contribution in [1.82, 2.24) is 15.0 Å². The third-order valence-electron chi connectivity index (χ3n) is 9.87. The Morgan fingerprint density at radius 3 is 1.84 bits per heavy atom. The maximum absolute atomic E-state index is 6.61. The molecular weight excluding hydrogens is 613 g/mol. The third-order valence-corrected chi connectivity index (χ3v) is 9.87. The summed E-state index contributed by atoms with van der Waals surface area (Å²) in [6.45, 7) is 0. The number of nitrogens with zero attached hydrogens (tertiary/aromatic N) is 4. The van der Waals surface area contributed by atoms with Gasteiger partial charge in [0.1, 0.15) is 11.3 Å². The van der Waals surface area contributed by atoms with E-state index in [2.05, 4.69) is 108 Å². The van der Waals surface area contributed by atoms with Crippen LogP contribution >= 0.6 is 0 Å². The monoisotopic (exact) mass is 642 g/mol. The van der Waals surface area contributed by atoms with Crippen molar-refractivity contribution in [3.8, 4) is 45.3 Å². The van der Waals surface area contributed by atoms with Gasteiger partial charge >= 0.3 is 0 Å². The highest BCUT2D eigenvalue weighted by Crippen LogP contribution is 2.54. The predicted molar refractivity (Wildman–Crippen MR) is 201 cm³/mol. The van der Waals surface area contributed by atoms with E-state index in [-0.39, 0.29) is 12.0 Å². The fourth-order valence-electron chi connectivity index (χ4n) is 7.62. The summed E-state index contributed by atoms with van der Waals surface area (Å²) < 4.78 is 6.61. The first-order chi connectivity index (χ1) is 24.8. The molecule has 5 heteroatoms. The molecule has 2 aliphatic rings. The Morgan fingerprint density at radius 1 is 0.500 bits per heavy atom. The number of rotatable bonds is 5. The van der Waals surface area contributed by atoms with Crippen LogP contribution in [0.4, 0.5) is 11.4 Å². The summed E-state index contributed by atoms with van der Waals surface area (Å²) in [7, 11) is 0. The standard InChI is InChI=1S/C45H30N4O/c1-3-14-29(15-4-1)43-46-44(30-16-5-2-6-17-30)48-45(47-43)32-19-13-18-31(28-32)33-20-7-10-23-37(33)49-38-24-11-8-22-36(38)41-39(49)27-26-35-34-21-9-12-25-40(34)50-42(35)41/h1-28,39,41H. The van der Waals surface area contributed by atoms with Crippen LogP contribution < -0.4 is 4.90 Å². The molecule has 236 valence electrons. The normalized spacial score (nSPS) is 15.9. The molecule has 8 aromatic rings. The van der Waals surface area contributed by atoms with Crippen LogP contribution in [-0.2, 0) is 0 Å². The fraction of sp³-hybridized carbons (Fsp3) is 0.0444. The van der Waals surface area contributed by atoms with Crippen LogP contribution in [0.3, 0.4) is 0 Å². The molecule has 50 heavy (non-hydrogen) atoms. The first-order valence-electron chi connectivity index (χ1n) is 16.9. The van der Waals surface area contributed by atoms with Gasteiger partial charge in [-0.05, 0) is 35.4 Å². The van der Waals surface area contributed by atoms with Crippen molar-refractivity contribution in [2.75, 3.05) is 4.90 Å². The maximum Gasteiger partial charge on any atom is 0.164 e. The molecule has 2 aromatic heterocycles. The highest BCUT2D eigenvalue weighted by Gasteiger charge is 2.44. The molecule has 0 saturated carbocycles. The molecular formula is C45H30N4O. The zero-order valence-electron chi connectivity index (χ0n) is 27.0. The van der Waals surface area contributed by atoms with Crippen molar-refractivity contribution in [3.63, 3.8) is 0 Å². The lowest BCUT2D eigenvalue weighted by Gasteiger charge is -2.31. The van der Waals surface area contributed by atoms with E-state index in [1.807, 2.05) is 66.7 Å². The molecule has 2 unspecified atom stereocenters. The van der Waals surface area contributed by atoms with Gasteiger partial charge in [0.25, 0.3) is 0 Å². The Hall–Kier alpha value is -6.59. The van der Waals surface area contributed by atoms with Crippen LogP contribution in [0.1, 0.15) is 22.8 Å². The summed E-state index contributed by atoms with van der Waals surface area (Å²) in [6, 6.07) is 54.6. The lowest BCUT2D eigenvalue weighted by Crippen LogP contribution is -2.30. The predicted octanol–water partition coefficient (Wildman–Crippen LogP) is 11.0. The first-order valence-corrected chi connectivity index (χ1v) is 16.9. The highest BCUT2D eigenvalue weighted by atomic mass is 16.3. The molecule has 5 nitrogen and oxygen atoms in total. The molecule has 1 aliphatic heterocycles. The molecule has 3 heterocycles. The van der Waals surface area contributed by atoms with Gasteiger partial charge in [-0.2, -0.15) is 0 Å². The number of benzene rings is 6. The average Bonchev–Trinajstić information content (AvgIpc) is 3.74. The molecule has 6 aromatic carbocycles. The smallest absolute Gasteiger partial charge is 0.164 e. The second-order valence-corrected chi connectivity index (χ2v) is 12.8. The molecule has 1 aliphatic carbocycles. The highest BCUT2D eigenvalue weighted by molar-refractivity contribution is 5.93. The topological polar surface area (TPSA) is 55.1 Å². The number of para-hydroxylation sites is 3. The largest absolute Gasteiger partial charge is 0.460 e. The summed E-state index contributed by atoms with van der Waals surface area (Å²) in [5, 5.41) is 1.16. The quantitative estimate of drug-likeness (QED) is 0.187. The molecule has 10 rings (SSSR count). The average molecular weight is 643 g/mol. The minimum atomic E-state index is 0.0650. The van der Waals surface area contributed by atoms with E-state index < -0.39 is 0 Å². The lowest BCUT2D eigenvalue weighted by atomic mass is 9.85. The van der Waals surface area contributed by atoms with Gasteiger partial charge in [0.2, 0.25) is 0 Å². The van der Waals surface area contributed by atoms with E-state index in [1.165, 1.54) is 16.8 Å². The van der Waals surface area contributed by atoms with Crippen molar-refractivity contribution in [1.29, 1.82) is 0 Å². The lowest BCUT2D eigenvalue weighted by molar-refractivity contribution is 0.505. The van der Waals surface area contributed by atoms with Crippen molar-refractivity contribution >= 4 is 28.4 Å². The molecule has 0 fully saturated rings. The number of hydrogen-bond acceptors (Lipinski definition) is 5. The first kappa shape index (κ1) is 28.4. The van der Waals surface area contributed by atoms with Gasteiger partial charge in [0.15, 0.2) is 17.5 Å². The fourth-order valence-corrected chi connectivity index (χ4v) is 7.62. The van der Waals surface area contributed by atoms with Gasteiger partial charge in [-0.15, -0.1) is 0 Å². The molecule has 0 bridgehead atoms. The van der Waals surface area contributed by atoms with E-state index in [1.54, 1.807) is 0 Å². The number of anilines is 2. The van der Waals surface area contributed by atoms with E-state index in [0.717, 1.165) is 50.2 Å². The minimum absolute atomic E-state index is 0.0650. The summed E-state index contributed by atoms with van der Waals surface area (Å²) in [4.78, 5) is 17.4. The van der Waals surface area contributed by atoms with Crippen LogP contribution in [0.5, 0.6) is 0 Å². The van der Waals surface area contributed by atoms with Gasteiger partial charge in [-0.3, -0.25) is 0 Å². The zero-order valence-corrected chi connectivity index (χ0v) is 27.0. The molecule has 2 atom stereocenters. The Balaban J connectivity index is 1.10. The van der Waals surface area contributed by atoms with Crippen LogP contribution in [0, 0.1) is 0 Å². The summed E-state index contributed by atoms with van der Waals surface area (Å²) in [5.74, 6) is 3.04. The van der Waals surface area contributed by atoms with Crippen molar-refractivity contribution < 1.29 is 4.42 Å². The molecule has 0 radical (unpaired) electrons. The van der Waals surface area contributed by atoms with Crippen molar-refractivity contribution in [2.24, 2.45) is 0 Å². The number of furan rings is 1. The van der Waals surface area contributed by atoms with E-state index in [4.69, 9.17) is 19.4 Å². The van der Waals surface area contributed by atoms with Gasteiger partial charge in [0, 0.05) is 44.6 Å². The van der Waals surface area contributed by atoms with Crippen LogP contribution in [0.2, 0.25) is 0 Å². The molecule has 0 saturated heterocycles. The van der Waals surface area contributed by atoms with Gasteiger partial charge < -0.3 is 9.32 Å². The number of hydrogen-bond donors (Lipinski definition) is 0. The van der Waals surface area contributed by atoms with E-state index in [9.17, 15) is 0 Å². The van der Waals surface area contributed by atoms with E-state index >= 15 is 0 Å². The molecule has 0 N–H and O–H groups in total. The Labute approximate surface area is 289 Å². The van der Waals surface area contributed by atoms with Gasteiger partial charge in [-0.25, -0.2) is 15.0 Å². The zero-order chi connectivity index (χ0) is 33.0. The molecule has 0 amide bonds. The van der Waals surface area contributed by atoms with Crippen molar-refractivity contribution in [3.05, 3.63) is 181 Å². The van der Waals surface area contributed by atoms with E-state index in [0.29, 0.717) is 17.5 Å². The summed E-state index contributed by atoms with van der Waals surface area (Å²) in [5.41, 5.74) is 10.8. The Morgan fingerprint density at radius 2 is 1.08 bits per heavy atom. The van der Waals surface area contributed by atoms with Gasteiger partial charge in [0.05, 0.1) is 12.0 Å². The number of fused-ring (bicyclic) bond motifs is 7. The van der Waals surface area contributed by atoms with Crippen LogP contribution in [-0.4, -0.2) is 21.0 Å². The molecule has 0 spiro atoms. The summed E-state index contributed by atoms with van der Waals surface area (Å²) >= 11 is 0. The maximum atomic E-state index is 6.61. The van der Waals surface area contributed by atoms with Crippen LogP contribution in [0.15, 0.2) is 168 Å². The second kappa shape index (κ2) is 11.5. The number of aromatic nitrogens is 3. The summed E-state index contributed by atoms with van der Waals surface area (Å²) in [6.07, 6.45) is 4.60.